The van der Waals surface area contributed by atoms with Crippen LogP contribution in [-0.2, 0) is 4.74 Å². The molecule has 4 atom stereocenters. The molecule has 2 fully saturated rings. The molecule has 1 heterocycles. The van der Waals surface area contributed by atoms with Crippen molar-refractivity contribution >= 4 is 0 Å². The van der Waals surface area contributed by atoms with E-state index in [-0.39, 0.29) is 0 Å². The Hall–Kier alpha value is -0.0400. The molecule has 0 N–H and O–H groups in total. The van der Waals surface area contributed by atoms with Gasteiger partial charge in [0, 0.05) is 0 Å². The van der Waals surface area contributed by atoms with E-state index >= 15 is 0 Å². The molecule has 2 aliphatic rings. The first-order chi connectivity index (χ1) is 10.8. The summed E-state index contributed by atoms with van der Waals surface area (Å²) < 4.78 is 6.61. The van der Waals surface area contributed by atoms with Gasteiger partial charge in [-0.1, -0.05) is 84.5 Å². The Kier molecular flexibility index (Phi) is 8.89. The van der Waals surface area contributed by atoms with Crippen LogP contribution in [-0.4, -0.2) is 12.2 Å². The molecular formula is C21H40O. The van der Waals surface area contributed by atoms with E-state index in [9.17, 15) is 0 Å². The molecule has 1 heteroatoms. The molecule has 1 aliphatic heterocycles. The predicted octanol–water partition coefficient (Wildman–Crippen LogP) is 6.89. The smallest absolute Gasteiger partial charge is 0.0609 e. The minimum atomic E-state index is 0.565. The second-order valence-electron chi connectivity index (χ2n) is 7.94. The summed E-state index contributed by atoms with van der Waals surface area (Å²) in [6, 6.07) is 0. The first-order valence-corrected chi connectivity index (χ1v) is 10.5. The number of ether oxygens (including phenoxy) is 1. The van der Waals surface area contributed by atoms with Crippen molar-refractivity contribution < 1.29 is 4.74 Å². The molecule has 1 saturated heterocycles. The lowest BCUT2D eigenvalue weighted by molar-refractivity contribution is -0.120. The minimum absolute atomic E-state index is 0.565. The van der Waals surface area contributed by atoms with Crippen LogP contribution in [0.2, 0.25) is 0 Å². The average molecular weight is 309 g/mol. The summed E-state index contributed by atoms with van der Waals surface area (Å²) in [5.41, 5.74) is 0. The second kappa shape index (κ2) is 10.7. The van der Waals surface area contributed by atoms with E-state index in [0.717, 1.165) is 11.8 Å². The van der Waals surface area contributed by atoms with Crippen LogP contribution in [0.4, 0.5) is 0 Å². The van der Waals surface area contributed by atoms with Crippen molar-refractivity contribution in [2.75, 3.05) is 0 Å². The van der Waals surface area contributed by atoms with Crippen molar-refractivity contribution in [1.29, 1.82) is 0 Å². The van der Waals surface area contributed by atoms with Crippen LogP contribution in [0.3, 0.4) is 0 Å². The van der Waals surface area contributed by atoms with E-state index in [2.05, 4.69) is 13.8 Å². The van der Waals surface area contributed by atoms with Gasteiger partial charge in [-0.05, 0) is 37.5 Å². The molecule has 1 aliphatic carbocycles. The van der Waals surface area contributed by atoms with Gasteiger partial charge in [-0.2, -0.15) is 0 Å². The van der Waals surface area contributed by atoms with Crippen LogP contribution in [0.5, 0.6) is 0 Å². The van der Waals surface area contributed by atoms with Crippen molar-refractivity contribution in [3.05, 3.63) is 0 Å². The van der Waals surface area contributed by atoms with Crippen LogP contribution >= 0.6 is 0 Å². The Labute approximate surface area is 139 Å². The van der Waals surface area contributed by atoms with Crippen molar-refractivity contribution in [1.82, 2.24) is 0 Å². The highest BCUT2D eigenvalue weighted by Crippen LogP contribution is 2.40. The summed E-state index contributed by atoms with van der Waals surface area (Å²) in [6.07, 6.45) is 22.2. The normalized spacial score (nSPS) is 35.2. The highest BCUT2D eigenvalue weighted by Gasteiger charge is 2.36. The summed E-state index contributed by atoms with van der Waals surface area (Å²) in [7, 11) is 0. The molecule has 2 rings (SSSR count). The number of rotatable bonds is 4. The predicted molar refractivity (Wildman–Crippen MR) is 96.2 cm³/mol. The molecule has 0 aromatic heterocycles. The van der Waals surface area contributed by atoms with Gasteiger partial charge >= 0.3 is 0 Å². The van der Waals surface area contributed by atoms with E-state index in [0.29, 0.717) is 12.2 Å². The lowest BCUT2D eigenvalue weighted by Gasteiger charge is -2.43. The molecule has 0 aromatic carbocycles. The van der Waals surface area contributed by atoms with Gasteiger partial charge < -0.3 is 4.74 Å². The van der Waals surface area contributed by atoms with Gasteiger partial charge in [0.1, 0.15) is 0 Å². The van der Waals surface area contributed by atoms with Crippen LogP contribution in [0.15, 0.2) is 0 Å². The topological polar surface area (TPSA) is 9.23 Å². The molecule has 0 amide bonds. The molecule has 130 valence electrons. The van der Waals surface area contributed by atoms with E-state index in [1.165, 1.54) is 96.3 Å². The Balaban J connectivity index is 1.99. The molecule has 4 unspecified atom stereocenters. The lowest BCUT2D eigenvalue weighted by Crippen LogP contribution is -2.41. The van der Waals surface area contributed by atoms with Gasteiger partial charge in [-0.25, -0.2) is 0 Å². The maximum absolute atomic E-state index is 6.61. The highest BCUT2D eigenvalue weighted by atomic mass is 16.5. The summed E-state index contributed by atoms with van der Waals surface area (Å²) in [5.74, 6) is 1.82. The van der Waals surface area contributed by atoms with Gasteiger partial charge in [-0.15, -0.1) is 0 Å². The highest BCUT2D eigenvalue weighted by molar-refractivity contribution is 4.86. The third-order valence-electron chi connectivity index (χ3n) is 6.06. The van der Waals surface area contributed by atoms with Gasteiger partial charge in [0.25, 0.3) is 0 Å². The van der Waals surface area contributed by atoms with E-state index in [1.807, 2.05) is 0 Å². The Bertz CT molecular complexity index is 275. The fraction of sp³-hybridized carbons (Fsp3) is 1.00. The second-order valence-corrected chi connectivity index (χ2v) is 7.94. The van der Waals surface area contributed by atoms with Crippen molar-refractivity contribution in [2.45, 2.75) is 122 Å². The first-order valence-electron chi connectivity index (χ1n) is 10.5. The third kappa shape index (κ3) is 5.87. The zero-order valence-electron chi connectivity index (χ0n) is 15.3. The van der Waals surface area contributed by atoms with E-state index < -0.39 is 0 Å². The van der Waals surface area contributed by atoms with Crippen LogP contribution in [0.1, 0.15) is 110 Å². The quantitative estimate of drug-likeness (QED) is 0.549. The monoisotopic (exact) mass is 308 g/mol. The molecule has 22 heavy (non-hydrogen) atoms. The summed E-state index contributed by atoms with van der Waals surface area (Å²) in [5, 5.41) is 0. The van der Waals surface area contributed by atoms with Crippen LogP contribution < -0.4 is 0 Å². The number of fused-ring (bicyclic) bond motifs is 1. The number of hydrogen-bond acceptors (Lipinski definition) is 1. The first kappa shape index (κ1) is 18.3. The fourth-order valence-electron chi connectivity index (χ4n) is 4.92. The standard InChI is InChI=1S/C21H40O/c1-3-13-18-17-19(14-4-2)22-21-16-12-10-8-6-5-7-9-11-15-20(18)21/h18-21H,3-17H2,1-2H3. The molecular weight excluding hydrogens is 268 g/mol. The molecule has 1 nitrogen and oxygen atoms in total. The number of hydrogen-bond donors (Lipinski definition) is 0. The molecule has 0 bridgehead atoms. The lowest BCUT2D eigenvalue weighted by atomic mass is 9.74. The third-order valence-corrected chi connectivity index (χ3v) is 6.06. The summed E-state index contributed by atoms with van der Waals surface area (Å²) in [4.78, 5) is 0. The Morgan fingerprint density at radius 3 is 1.95 bits per heavy atom. The van der Waals surface area contributed by atoms with Gasteiger partial charge in [0.15, 0.2) is 0 Å². The van der Waals surface area contributed by atoms with Crippen molar-refractivity contribution in [3.63, 3.8) is 0 Å². The zero-order chi connectivity index (χ0) is 15.6. The zero-order valence-corrected chi connectivity index (χ0v) is 15.3. The maximum Gasteiger partial charge on any atom is 0.0609 e. The minimum Gasteiger partial charge on any atom is -0.375 e. The Morgan fingerprint density at radius 1 is 0.727 bits per heavy atom. The molecule has 0 spiro atoms. The van der Waals surface area contributed by atoms with Crippen LogP contribution in [0, 0.1) is 11.8 Å². The average Bonchev–Trinajstić information content (AvgIpc) is 2.49. The Morgan fingerprint density at radius 2 is 1.32 bits per heavy atom. The maximum atomic E-state index is 6.61. The van der Waals surface area contributed by atoms with E-state index in [1.54, 1.807) is 0 Å². The molecule has 0 radical (unpaired) electrons. The largest absolute Gasteiger partial charge is 0.375 e. The van der Waals surface area contributed by atoms with Gasteiger partial charge in [0.05, 0.1) is 12.2 Å². The van der Waals surface area contributed by atoms with E-state index in [4.69, 9.17) is 4.74 Å². The van der Waals surface area contributed by atoms with Gasteiger partial charge in [0.2, 0.25) is 0 Å². The molecule has 0 aromatic rings. The summed E-state index contributed by atoms with van der Waals surface area (Å²) >= 11 is 0. The molecule has 1 saturated carbocycles. The SMILES string of the molecule is CCCC1CC(CCC)C2CCCCCCCCCCC2O1. The van der Waals surface area contributed by atoms with Gasteiger partial charge in [-0.3, -0.25) is 0 Å². The van der Waals surface area contributed by atoms with Crippen molar-refractivity contribution in [2.24, 2.45) is 11.8 Å². The fourth-order valence-corrected chi connectivity index (χ4v) is 4.92. The van der Waals surface area contributed by atoms with Crippen LogP contribution in [0.25, 0.3) is 0 Å². The van der Waals surface area contributed by atoms with Crippen molar-refractivity contribution in [3.8, 4) is 0 Å². The summed E-state index contributed by atoms with van der Waals surface area (Å²) in [6.45, 7) is 4.68.